The molecule has 0 amide bonds. The van der Waals surface area contributed by atoms with E-state index in [-0.39, 0.29) is 6.61 Å². The van der Waals surface area contributed by atoms with Crippen LogP contribution >= 0.6 is 0 Å². The van der Waals surface area contributed by atoms with Crippen molar-refractivity contribution in [3.63, 3.8) is 0 Å². The first-order chi connectivity index (χ1) is 6.24. The average Bonchev–Trinajstić information content (AvgIpc) is 2.09. The van der Waals surface area contributed by atoms with Gasteiger partial charge in [-0.1, -0.05) is 12.2 Å². The summed E-state index contributed by atoms with van der Waals surface area (Å²) in [5, 5.41) is 8.53. The third-order valence-corrected chi connectivity index (χ3v) is 1.71. The first-order valence-corrected chi connectivity index (χ1v) is 4.13. The zero-order valence-corrected chi connectivity index (χ0v) is 7.50. The highest BCUT2D eigenvalue weighted by molar-refractivity contribution is 5.51. The summed E-state index contributed by atoms with van der Waals surface area (Å²) >= 11 is 0. The molecule has 0 spiro atoms. The van der Waals surface area contributed by atoms with Gasteiger partial charge in [-0.2, -0.15) is 4.39 Å². The van der Waals surface area contributed by atoms with Gasteiger partial charge in [0.2, 0.25) is 5.95 Å². The summed E-state index contributed by atoms with van der Waals surface area (Å²) < 4.78 is 12.6. The predicted molar refractivity (Wildman–Crippen MR) is 49.7 cm³/mol. The van der Waals surface area contributed by atoms with E-state index in [4.69, 9.17) is 5.11 Å². The minimum atomic E-state index is -0.461. The van der Waals surface area contributed by atoms with Crippen LogP contribution < -0.4 is 0 Å². The molecular formula is C10H12FNO. The summed E-state index contributed by atoms with van der Waals surface area (Å²) in [7, 11) is 0. The van der Waals surface area contributed by atoms with E-state index in [2.05, 4.69) is 4.98 Å². The predicted octanol–water partition coefficient (Wildman–Crippen LogP) is 1.92. The number of hydrogen-bond donors (Lipinski definition) is 1. The minimum absolute atomic E-state index is 0.129. The molecule has 70 valence electrons. The van der Waals surface area contributed by atoms with E-state index in [9.17, 15) is 4.39 Å². The lowest BCUT2D eigenvalue weighted by molar-refractivity contribution is 0.303. The molecule has 2 nitrogen and oxygen atoms in total. The van der Waals surface area contributed by atoms with Crippen molar-refractivity contribution >= 4 is 6.08 Å². The molecule has 0 saturated heterocycles. The third kappa shape index (κ3) is 2.95. The zero-order chi connectivity index (χ0) is 9.68. The summed E-state index contributed by atoms with van der Waals surface area (Å²) in [6.07, 6.45) is 5.76. The summed E-state index contributed by atoms with van der Waals surface area (Å²) in [5.41, 5.74) is 1.73. The van der Waals surface area contributed by atoms with Gasteiger partial charge in [0.1, 0.15) is 0 Å². The Kier molecular flexibility index (Phi) is 3.58. The number of rotatable bonds is 3. The van der Waals surface area contributed by atoms with Crippen molar-refractivity contribution in [2.24, 2.45) is 0 Å². The van der Waals surface area contributed by atoms with Crippen molar-refractivity contribution in [2.75, 3.05) is 6.61 Å². The highest BCUT2D eigenvalue weighted by Crippen LogP contribution is 2.09. The van der Waals surface area contributed by atoms with E-state index < -0.39 is 5.95 Å². The molecule has 0 radical (unpaired) electrons. The van der Waals surface area contributed by atoms with E-state index in [1.807, 2.05) is 19.1 Å². The molecule has 0 aliphatic rings. The van der Waals surface area contributed by atoms with Gasteiger partial charge in [0.25, 0.3) is 0 Å². The lowest BCUT2D eigenvalue weighted by atomic mass is 10.1. The maximum atomic E-state index is 12.6. The van der Waals surface area contributed by atoms with Gasteiger partial charge in [0, 0.05) is 12.8 Å². The highest BCUT2D eigenvalue weighted by atomic mass is 19.1. The molecule has 0 aliphatic heterocycles. The molecule has 13 heavy (non-hydrogen) atoms. The fourth-order valence-electron chi connectivity index (χ4n) is 0.992. The molecular weight excluding hydrogens is 169 g/mol. The second-order valence-corrected chi connectivity index (χ2v) is 2.78. The Morgan fingerprint density at radius 3 is 3.00 bits per heavy atom. The molecule has 0 fully saturated rings. The van der Waals surface area contributed by atoms with Crippen molar-refractivity contribution in [1.82, 2.24) is 4.98 Å². The first-order valence-electron chi connectivity index (χ1n) is 4.13. The van der Waals surface area contributed by atoms with Crippen LogP contribution in [0, 0.1) is 12.9 Å². The average molecular weight is 181 g/mol. The van der Waals surface area contributed by atoms with Gasteiger partial charge >= 0.3 is 0 Å². The van der Waals surface area contributed by atoms with Crippen molar-refractivity contribution < 1.29 is 9.50 Å². The SMILES string of the molecule is Cc1cc(F)ncc1C=CCCO. The second kappa shape index (κ2) is 4.72. The van der Waals surface area contributed by atoms with E-state index in [0.717, 1.165) is 11.1 Å². The summed E-state index contributed by atoms with van der Waals surface area (Å²) in [5.74, 6) is -0.461. The van der Waals surface area contributed by atoms with Gasteiger partial charge < -0.3 is 5.11 Å². The minimum Gasteiger partial charge on any atom is -0.396 e. The normalized spacial score (nSPS) is 11.0. The quantitative estimate of drug-likeness (QED) is 0.723. The molecule has 0 aliphatic carbocycles. The molecule has 0 atom stereocenters. The number of aliphatic hydroxyl groups excluding tert-OH is 1. The Labute approximate surface area is 76.7 Å². The number of aromatic nitrogens is 1. The summed E-state index contributed by atoms with van der Waals surface area (Å²) in [6, 6.07) is 1.39. The van der Waals surface area contributed by atoms with Crippen LogP contribution in [0.25, 0.3) is 6.08 Å². The van der Waals surface area contributed by atoms with E-state index >= 15 is 0 Å². The fourth-order valence-corrected chi connectivity index (χ4v) is 0.992. The molecule has 1 aromatic heterocycles. The fraction of sp³-hybridized carbons (Fsp3) is 0.300. The third-order valence-electron chi connectivity index (χ3n) is 1.71. The van der Waals surface area contributed by atoms with E-state index in [0.29, 0.717) is 6.42 Å². The number of halogens is 1. The Hall–Kier alpha value is -1.22. The van der Waals surface area contributed by atoms with Crippen LogP contribution in [0.1, 0.15) is 17.5 Å². The summed E-state index contributed by atoms with van der Waals surface area (Å²) in [6.45, 7) is 1.95. The smallest absolute Gasteiger partial charge is 0.213 e. The lowest BCUT2D eigenvalue weighted by Gasteiger charge is -1.98. The molecule has 1 N–H and O–H groups in total. The highest BCUT2D eigenvalue weighted by Gasteiger charge is 1.96. The van der Waals surface area contributed by atoms with Crippen LogP contribution in [0.3, 0.4) is 0 Å². The maximum absolute atomic E-state index is 12.6. The zero-order valence-electron chi connectivity index (χ0n) is 7.50. The molecule has 0 unspecified atom stereocenters. The van der Waals surface area contributed by atoms with Crippen molar-refractivity contribution in [3.8, 4) is 0 Å². The van der Waals surface area contributed by atoms with Crippen LogP contribution in [-0.4, -0.2) is 16.7 Å². The Morgan fingerprint density at radius 1 is 1.62 bits per heavy atom. The molecule has 0 bridgehead atoms. The first kappa shape index (κ1) is 9.86. The van der Waals surface area contributed by atoms with Crippen molar-refractivity contribution in [2.45, 2.75) is 13.3 Å². The van der Waals surface area contributed by atoms with Crippen LogP contribution in [0.4, 0.5) is 4.39 Å². The maximum Gasteiger partial charge on any atom is 0.213 e. The number of aliphatic hydroxyl groups is 1. The monoisotopic (exact) mass is 181 g/mol. The van der Waals surface area contributed by atoms with E-state index in [1.165, 1.54) is 12.3 Å². The Balaban J connectivity index is 2.77. The molecule has 0 aromatic carbocycles. The van der Waals surface area contributed by atoms with Gasteiger partial charge in [-0.25, -0.2) is 4.98 Å². The molecule has 1 heterocycles. The number of nitrogens with zero attached hydrogens (tertiary/aromatic N) is 1. The van der Waals surface area contributed by atoms with E-state index in [1.54, 1.807) is 0 Å². The van der Waals surface area contributed by atoms with Crippen molar-refractivity contribution in [1.29, 1.82) is 0 Å². The summed E-state index contributed by atoms with van der Waals surface area (Å²) in [4.78, 5) is 3.54. The van der Waals surface area contributed by atoms with Gasteiger partial charge in [0.15, 0.2) is 0 Å². The number of pyridine rings is 1. The van der Waals surface area contributed by atoms with Gasteiger partial charge in [0.05, 0.1) is 0 Å². The Morgan fingerprint density at radius 2 is 2.38 bits per heavy atom. The van der Waals surface area contributed by atoms with Crippen LogP contribution in [0.5, 0.6) is 0 Å². The molecule has 1 rings (SSSR count). The van der Waals surface area contributed by atoms with Crippen LogP contribution in [0.2, 0.25) is 0 Å². The van der Waals surface area contributed by atoms with Crippen LogP contribution in [0.15, 0.2) is 18.3 Å². The number of hydrogen-bond acceptors (Lipinski definition) is 2. The topological polar surface area (TPSA) is 33.1 Å². The Bertz CT molecular complexity index is 310. The molecule has 3 heteroatoms. The van der Waals surface area contributed by atoms with Crippen LogP contribution in [-0.2, 0) is 0 Å². The number of aryl methyl sites for hydroxylation is 1. The second-order valence-electron chi connectivity index (χ2n) is 2.78. The standard InChI is InChI=1S/C10H12FNO/c1-8-6-10(11)12-7-9(8)4-2-3-5-13/h2,4,6-7,13H,3,5H2,1H3. The van der Waals surface area contributed by atoms with Gasteiger partial charge in [-0.15, -0.1) is 0 Å². The molecule has 1 aromatic rings. The van der Waals surface area contributed by atoms with Gasteiger partial charge in [-0.05, 0) is 30.5 Å². The largest absolute Gasteiger partial charge is 0.396 e. The van der Waals surface area contributed by atoms with Gasteiger partial charge in [-0.3, -0.25) is 0 Å². The molecule has 0 saturated carbocycles. The lowest BCUT2D eigenvalue weighted by Crippen LogP contribution is -1.87. The van der Waals surface area contributed by atoms with Crippen molar-refractivity contribution in [3.05, 3.63) is 35.4 Å².